The summed E-state index contributed by atoms with van der Waals surface area (Å²) in [6, 6.07) is 20.7. The molecule has 1 heterocycles. The van der Waals surface area contributed by atoms with Gasteiger partial charge in [-0.05, 0) is 42.3 Å². The van der Waals surface area contributed by atoms with E-state index < -0.39 is 0 Å². The molecule has 4 nitrogen and oxygen atoms in total. The molecule has 0 unspecified atom stereocenters. The maximum atomic E-state index is 14.5. The van der Waals surface area contributed by atoms with Crippen molar-refractivity contribution in [3.8, 4) is 11.5 Å². The molecule has 0 aliphatic carbocycles. The third kappa shape index (κ3) is 4.90. The molecule has 0 saturated carbocycles. The first-order valence-electron chi connectivity index (χ1n) is 10.8. The van der Waals surface area contributed by atoms with E-state index in [9.17, 15) is 4.39 Å². The Bertz CT molecular complexity index is 1010. The molecule has 168 valence electrons. The average Bonchev–Trinajstić information content (AvgIpc) is 2.82. The molecule has 1 aliphatic rings. The van der Waals surface area contributed by atoms with Gasteiger partial charge in [-0.2, -0.15) is 0 Å². The molecule has 4 rings (SSSR count). The van der Waals surface area contributed by atoms with Crippen LogP contribution in [0.1, 0.15) is 29.3 Å². The number of hydrogen-bond donors (Lipinski definition) is 0. The lowest BCUT2D eigenvalue weighted by Gasteiger charge is -2.45. The molecule has 0 amide bonds. The van der Waals surface area contributed by atoms with Gasteiger partial charge in [0.05, 0.1) is 20.4 Å². The van der Waals surface area contributed by atoms with E-state index in [0.717, 1.165) is 47.2 Å². The molecule has 1 aliphatic heterocycles. The first-order valence-corrected chi connectivity index (χ1v) is 11.2. The minimum atomic E-state index is -0.188. The number of methoxy groups -OCH3 is 2. The molecule has 1 saturated heterocycles. The standard InChI is InChI=1S/C26H28ClFN2O2/c1-31-21-12-13-25(32-2)22(16-21)26-29(17-19-8-3-5-10-23(19)27)14-7-15-30(26)18-20-9-4-6-11-24(20)28/h3-6,8-13,16,26H,7,14-15,17-18H2,1-2H3/t26-/m1/s1. The van der Waals surface area contributed by atoms with Crippen LogP contribution >= 0.6 is 11.6 Å². The Hall–Kier alpha value is -2.60. The minimum absolute atomic E-state index is 0.121. The van der Waals surface area contributed by atoms with Gasteiger partial charge >= 0.3 is 0 Å². The second kappa shape index (κ2) is 10.3. The van der Waals surface area contributed by atoms with Gasteiger partial charge in [0.1, 0.15) is 17.3 Å². The van der Waals surface area contributed by atoms with E-state index in [1.807, 2.05) is 48.5 Å². The number of rotatable bonds is 7. The van der Waals surface area contributed by atoms with Crippen molar-refractivity contribution < 1.29 is 13.9 Å². The van der Waals surface area contributed by atoms with Gasteiger partial charge in [-0.25, -0.2) is 4.39 Å². The minimum Gasteiger partial charge on any atom is -0.497 e. The lowest BCUT2D eigenvalue weighted by Crippen LogP contribution is -2.47. The zero-order chi connectivity index (χ0) is 22.5. The van der Waals surface area contributed by atoms with E-state index in [0.29, 0.717) is 18.7 Å². The van der Waals surface area contributed by atoms with Crippen LogP contribution in [0.25, 0.3) is 0 Å². The molecular weight excluding hydrogens is 427 g/mol. The predicted octanol–water partition coefficient (Wildman–Crippen LogP) is 5.90. The summed E-state index contributed by atoms with van der Waals surface area (Å²) in [6.07, 6.45) is 0.853. The van der Waals surface area contributed by atoms with Gasteiger partial charge in [-0.1, -0.05) is 48.0 Å². The van der Waals surface area contributed by atoms with E-state index in [1.165, 1.54) is 6.07 Å². The molecule has 0 aromatic heterocycles. The summed E-state index contributed by atoms with van der Waals surface area (Å²) in [6.45, 7) is 2.91. The lowest BCUT2D eigenvalue weighted by molar-refractivity contribution is -0.0110. The molecule has 1 fully saturated rings. The Morgan fingerprint density at radius 1 is 0.875 bits per heavy atom. The van der Waals surface area contributed by atoms with Crippen molar-refractivity contribution in [2.75, 3.05) is 27.3 Å². The van der Waals surface area contributed by atoms with E-state index in [2.05, 4.69) is 15.9 Å². The predicted molar refractivity (Wildman–Crippen MR) is 126 cm³/mol. The highest BCUT2D eigenvalue weighted by atomic mass is 35.5. The second-order valence-corrected chi connectivity index (χ2v) is 8.37. The van der Waals surface area contributed by atoms with E-state index in [4.69, 9.17) is 21.1 Å². The molecule has 0 N–H and O–H groups in total. The van der Waals surface area contributed by atoms with Crippen molar-refractivity contribution >= 4 is 11.6 Å². The van der Waals surface area contributed by atoms with Crippen molar-refractivity contribution in [1.29, 1.82) is 0 Å². The molecule has 6 heteroatoms. The zero-order valence-electron chi connectivity index (χ0n) is 18.4. The van der Waals surface area contributed by atoms with Crippen LogP contribution in [0.5, 0.6) is 11.5 Å². The second-order valence-electron chi connectivity index (χ2n) is 7.96. The van der Waals surface area contributed by atoms with E-state index >= 15 is 0 Å². The van der Waals surface area contributed by atoms with Gasteiger partial charge in [-0.3, -0.25) is 9.80 Å². The van der Waals surface area contributed by atoms with E-state index in [-0.39, 0.29) is 12.0 Å². The molecule has 3 aromatic rings. The van der Waals surface area contributed by atoms with Crippen LogP contribution in [0.2, 0.25) is 5.02 Å². The van der Waals surface area contributed by atoms with Gasteiger partial charge in [-0.15, -0.1) is 0 Å². The number of ether oxygens (including phenoxy) is 2. The first kappa shape index (κ1) is 22.6. The molecule has 0 bridgehead atoms. The Labute approximate surface area is 194 Å². The zero-order valence-corrected chi connectivity index (χ0v) is 19.2. The van der Waals surface area contributed by atoms with Crippen molar-refractivity contribution in [3.63, 3.8) is 0 Å². The van der Waals surface area contributed by atoms with Crippen LogP contribution in [-0.4, -0.2) is 37.1 Å². The maximum absolute atomic E-state index is 14.5. The highest BCUT2D eigenvalue weighted by molar-refractivity contribution is 6.31. The Balaban J connectivity index is 1.75. The van der Waals surface area contributed by atoms with Gasteiger partial charge in [0, 0.05) is 42.3 Å². The normalized spacial score (nSPS) is 17.3. The monoisotopic (exact) mass is 454 g/mol. The Morgan fingerprint density at radius 2 is 1.53 bits per heavy atom. The summed E-state index contributed by atoms with van der Waals surface area (Å²) in [4.78, 5) is 4.68. The number of halogens is 2. The summed E-state index contributed by atoms with van der Waals surface area (Å²) in [5.41, 5.74) is 2.74. The van der Waals surface area contributed by atoms with Crippen LogP contribution in [0.3, 0.4) is 0 Å². The van der Waals surface area contributed by atoms with Crippen LogP contribution in [-0.2, 0) is 13.1 Å². The fourth-order valence-corrected chi connectivity index (χ4v) is 4.60. The molecule has 3 aromatic carbocycles. The molecule has 1 atom stereocenters. The van der Waals surface area contributed by atoms with Crippen molar-refractivity contribution in [3.05, 3.63) is 94.3 Å². The summed E-state index contributed by atoms with van der Waals surface area (Å²) < 4.78 is 25.8. The van der Waals surface area contributed by atoms with Crippen molar-refractivity contribution in [2.45, 2.75) is 25.7 Å². The lowest BCUT2D eigenvalue weighted by atomic mass is 10.0. The smallest absolute Gasteiger partial charge is 0.127 e. The molecular formula is C26H28ClFN2O2. The van der Waals surface area contributed by atoms with Crippen LogP contribution in [0.4, 0.5) is 4.39 Å². The summed E-state index contributed by atoms with van der Waals surface area (Å²) in [7, 11) is 3.33. The van der Waals surface area contributed by atoms with E-state index in [1.54, 1.807) is 20.3 Å². The SMILES string of the molecule is COc1ccc(OC)c([C@H]2N(Cc3ccccc3F)CCCN2Cc2ccccc2Cl)c1. The van der Waals surface area contributed by atoms with Gasteiger partial charge in [0.25, 0.3) is 0 Å². The number of nitrogens with zero attached hydrogens (tertiary/aromatic N) is 2. The topological polar surface area (TPSA) is 24.9 Å². The fourth-order valence-electron chi connectivity index (χ4n) is 4.41. The summed E-state index contributed by atoms with van der Waals surface area (Å²) >= 11 is 6.50. The summed E-state index contributed by atoms with van der Waals surface area (Å²) in [5.74, 6) is 1.35. The summed E-state index contributed by atoms with van der Waals surface area (Å²) in [5, 5.41) is 0.745. The third-order valence-corrected chi connectivity index (χ3v) is 6.33. The largest absolute Gasteiger partial charge is 0.497 e. The highest BCUT2D eigenvalue weighted by Gasteiger charge is 2.33. The third-order valence-electron chi connectivity index (χ3n) is 5.96. The average molecular weight is 455 g/mol. The van der Waals surface area contributed by atoms with Gasteiger partial charge in [0.2, 0.25) is 0 Å². The quantitative estimate of drug-likeness (QED) is 0.443. The fraction of sp³-hybridized carbons (Fsp3) is 0.308. The maximum Gasteiger partial charge on any atom is 0.127 e. The van der Waals surface area contributed by atoms with Crippen molar-refractivity contribution in [2.24, 2.45) is 0 Å². The van der Waals surface area contributed by atoms with Gasteiger partial charge < -0.3 is 9.47 Å². The Kier molecular flexibility index (Phi) is 7.30. The van der Waals surface area contributed by atoms with Crippen LogP contribution in [0, 0.1) is 5.82 Å². The first-order chi connectivity index (χ1) is 15.6. The van der Waals surface area contributed by atoms with Crippen molar-refractivity contribution in [1.82, 2.24) is 9.80 Å². The van der Waals surface area contributed by atoms with Crippen LogP contribution < -0.4 is 9.47 Å². The molecule has 0 spiro atoms. The highest BCUT2D eigenvalue weighted by Crippen LogP contribution is 2.39. The number of hydrogen-bond acceptors (Lipinski definition) is 4. The Morgan fingerprint density at radius 3 is 2.19 bits per heavy atom. The van der Waals surface area contributed by atoms with Crippen LogP contribution in [0.15, 0.2) is 66.7 Å². The van der Waals surface area contributed by atoms with Gasteiger partial charge in [0.15, 0.2) is 0 Å². The molecule has 32 heavy (non-hydrogen) atoms. The number of benzene rings is 3. The molecule has 0 radical (unpaired) electrons.